The molecule has 2 heterocycles. The highest BCUT2D eigenvalue weighted by atomic mass is 19.1. The zero-order chi connectivity index (χ0) is 19.6. The number of carbonyl (C=O) groups excluding carboxylic acids is 1. The van der Waals surface area contributed by atoms with E-state index in [9.17, 15) is 14.3 Å². The Bertz CT molecular complexity index is 800. The number of fused-ring (bicyclic) bond motifs is 1. The van der Waals surface area contributed by atoms with E-state index < -0.39 is 30.0 Å². The molecular formula is C21H27FN2O3. The van der Waals surface area contributed by atoms with Crippen LogP contribution >= 0.6 is 0 Å². The SMILES string of the molecule is CC(C)(C)OC(=O)N1CC[C@H](F)C[C@@H]1C[C@H](O)c1cccc2ccncc12. The maximum Gasteiger partial charge on any atom is 0.410 e. The second-order valence-corrected chi connectivity index (χ2v) is 8.14. The van der Waals surface area contributed by atoms with Crippen molar-refractivity contribution >= 4 is 16.9 Å². The number of halogens is 1. The topological polar surface area (TPSA) is 62.7 Å². The normalized spacial score (nSPS) is 21.9. The number of carbonyl (C=O) groups is 1. The summed E-state index contributed by atoms with van der Waals surface area (Å²) in [6.07, 6.45) is 1.94. The third-order valence-corrected chi connectivity index (χ3v) is 4.85. The van der Waals surface area contributed by atoms with Crippen molar-refractivity contribution in [2.45, 2.75) is 64.0 Å². The van der Waals surface area contributed by atoms with Gasteiger partial charge < -0.3 is 14.7 Å². The third kappa shape index (κ3) is 4.75. The van der Waals surface area contributed by atoms with Gasteiger partial charge in [-0.05, 0) is 57.0 Å². The second kappa shape index (κ2) is 7.80. The summed E-state index contributed by atoms with van der Waals surface area (Å²) in [6, 6.07) is 7.16. The molecule has 3 rings (SSSR count). The molecule has 0 saturated carbocycles. The molecule has 1 aromatic carbocycles. The van der Waals surface area contributed by atoms with E-state index in [0.717, 1.165) is 16.3 Å². The zero-order valence-electron chi connectivity index (χ0n) is 16.1. The largest absolute Gasteiger partial charge is 0.444 e. The lowest BCUT2D eigenvalue weighted by Gasteiger charge is -2.38. The monoisotopic (exact) mass is 374 g/mol. The van der Waals surface area contributed by atoms with Gasteiger partial charge in [-0.25, -0.2) is 9.18 Å². The molecule has 146 valence electrons. The van der Waals surface area contributed by atoms with Crippen LogP contribution in [-0.4, -0.2) is 45.4 Å². The third-order valence-electron chi connectivity index (χ3n) is 4.85. The van der Waals surface area contributed by atoms with Gasteiger partial charge in [0.15, 0.2) is 0 Å². The van der Waals surface area contributed by atoms with Crippen LogP contribution in [0.15, 0.2) is 36.7 Å². The van der Waals surface area contributed by atoms with Crippen molar-refractivity contribution in [2.24, 2.45) is 0 Å². The minimum atomic E-state index is -0.977. The van der Waals surface area contributed by atoms with Gasteiger partial charge >= 0.3 is 6.09 Å². The van der Waals surface area contributed by atoms with E-state index >= 15 is 0 Å². The number of aromatic nitrogens is 1. The lowest BCUT2D eigenvalue weighted by molar-refractivity contribution is -0.00656. The Labute approximate surface area is 159 Å². The van der Waals surface area contributed by atoms with E-state index in [4.69, 9.17) is 4.74 Å². The number of likely N-dealkylation sites (tertiary alicyclic amines) is 1. The molecule has 1 fully saturated rings. The molecule has 6 heteroatoms. The van der Waals surface area contributed by atoms with Crippen LogP contribution in [-0.2, 0) is 4.74 Å². The Morgan fingerprint density at radius 3 is 2.93 bits per heavy atom. The molecule has 3 atom stereocenters. The summed E-state index contributed by atoms with van der Waals surface area (Å²) in [5.74, 6) is 0. The van der Waals surface area contributed by atoms with Gasteiger partial charge in [-0.3, -0.25) is 4.98 Å². The van der Waals surface area contributed by atoms with Crippen molar-refractivity contribution in [1.82, 2.24) is 9.88 Å². The van der Waals surface area contributed by atoms with Gasteiger partial charge in [0.1, 0.15) is 11.8 Å². The van der Waals surface area contributed by atoms with Gasteiger partial charge in [0.2, 0.25) is 0 Å². The lowest BCUT2D eigenvalue weighted by Crippen LogP contribution is -2.49. The molecule has 1 amide bonds. The summed E-state index contributed by atoms with van der Waals surface area (Å²) in [6.45, 7) is 5.71. The number of hydrogen-bond acceptors (Lipinski definition) is 4. The number of nitrogens with zero attached hydrogens (tertiary/aromatic N) is 2. The van der Waals surface area contributed by atoms with Crippen molar-refractivity contribution < 1.29 is 19.0 Å². The van der Waals surface area contributed by atoms with Gasteiger partial charge in [-0.1, -0.05) is 18.2 Å². The number of piperidine rings is 1. The molecule has 2 aromatic rings. The molecule has 1 aliphatic rings. The van der Waals surface area contributed by atoms with E-state index in [1.54, 1.807) is 38.1 Å². The fourth-order valence-corrected chi connectivity index (χ4v) is 3.60. The summed E-state index contributed by atoms with van der Waals surface area (Å²) in [7, 11) is 0. The fraction of sp³-hybridized carbons (Fsp3) is 0.524. The summed E-state index contributed by atoms with van der Waals surface area (Å²) >= 11 is 0. The van der Waals surface area contributed by atoms with Gasteiger partial charge in [-0.2, -0.15) is 0 Å². The van der Waals surface area contributed by atoms with E-state index in [1.807, 2.05) is 24.3 Å². The first-order chi connectivity index (χ1) is 12.7. The van der Waals surface area contributed by atoms with E-state index in [2.05, 4.69) is 4.98 Å². The number of pyridine rings is 1. The molecular weight excluding hydrogens is 347 g/mol. The highest BCUT2D eigenvalue weighted by Crippen LogP contribution is 2.32. The first-order valence-corrected chi connectivity index (χ1v) is 9.39. The molecule has 1 N–H and O–H groups in total. The highest BCUT2D eigenvalue weighted by molar-refractivity contribution is 5.85. The molecule has 1 aromatic heterocycles. The molecule has 0 unspecified atom stereocenters. The van der Waals surface area contributed by atoms with Crippen LogP contribution in [0.4, 0.5) is 9.18 Å². The number of hydrogen-bond donors (Lipinski definition) is 1. The Morgan fingerprint density at radius 2 is 2.19 bits per heavy atom. The van der Waals surface area contributed by atoms with Gasteiger partial charge in [0.25, 0.3) is 0 Å². The van der Waals surface area contributed by atoms with Crippen LogP contribution in [0.2, 0.25) is 0 Å². The minimum absolute atomic E-state index is 0.208. The van der Waals surface area contributed by atoms with E-state index in [-0.39, 0.29) is 12.8 Å². The predicted molar refractivity (Wildman–Crippen MR) is 102 cm³/mol. The molecule has 0 spiro atoms. The molecule has 27 heavy (non-hydrogen) atoms. The predicted octanol–water partition coefficient (Wildman–Crippen LogP) is 4.40. The van der Waals surface area contributed by atoms with Crippen LogP contribution < -0.4 is 0 Å². The number of aliphatic hydroxyl groups excluding tert-OH is 1. The molecule has 0 bridgehead atoms. The van der Waals surface area contributed by atoms with Crippen LogP contribution in [0, 0.1) is 0 Å². The summed E-state index contributed by atoms with van der Waals surface area (Å²) < 4.78 is 19.5. The van der Waals surface area contributed by atoms with Crippen molar-refractivity contribution in [3.8, 4) is 0 Å². The van der Waals surface area contributed by atoms with Crippen molar-refractivity contribution in [2.75, 3.05) is 6.54 Å². The maximum atomic E-state index is 14.0. The van der Waals surface area contributed by atoms with Gasteiger partial charge in [0, 0.05) is 30.4 Å². The van der Waals surface area contributed by atoms with Crippen LogP contribution in [0.3, 0.4) is 0 Å². The Hall–Kier alpha value is -2.21. The van der Waals surface area contributed by atoms with Gasteiger partial charge in [-0.15, -0.1) is 0 Å². The summed E-state index contributed by atoms with van der Waals surface area (Å²) in [5.41, 5.74) is 0.124. The number of ether oxygens (including phenoxy) is 1. The maximum absolute atomic E-state index is 14.0. The Balaban J connectivity index is 1.80. The van der Waals surface area contributed by atoms with Crippen LogP contribution in [0.25, 0.3) is 10.8 Å². The highest BCUT2D eigenvalue weighted by Gasteiger charge is 2.35. The summed E-state index contributed by atoms with van der Waals surface area (Å²) in [4.78, 5) is 18.3. The molecule has 0 aliphatic carbocycles. The molecule has 0 radical (unpaired) electrons. The number of amides is 1. The minimum Gasteiger partial charge on any atom is -0.444 e. The number of aliphatic hydroxyl groups is 1. The average Bonchev–Trinajstić information content (AvgIpc) is 2.59. The van der Waals surface area contributed by atoms with Crippen molar-refractivity contribution in [1.29, 1.82) is 0 Å². The Kier molecular flexibility index (Phi) is 5.65. The lowest BCUT2D eigenvalue weighted by atomic mass is 9.92. The van der Waals surface area contributed by atoms with E-state index in [0.29, 0.717) is 13.0 Å². The van der Waals surface area contributed by atoms with Crippen molar-refractivity contribution in [3.63, 3.8) is 0 Å². The Morgan fingerprint density at radius 1 is 1.41 bits per heavy atom. The quantitative estimate of drug-likeness (QED) is 0.865. The van der Waals surface area contributed by atoms with Crippen LogP contribution in [0.5, 0.6) is 0 Å². The first-order valence-electron chi connectivity index (χ1n) is 9.39. The molecule has 5 nitrogen and oxygen atoms in total. The second-order valence-electron chi connectivity index (χ2n) is 8.14. The standard InChI is InChI=1S/C21H27FN2O3/c1-21(2,3)27-20(26)24-10-8-15(22)11-16(24)12-19(25)17-6-4-5-14-7-9-23-13-18(14)17/h4-7,9,13,15-16,19,25H,8,10-12H2,1-3H3/t15-,16+,19-/m0/s1. The molecule has 1 aliphatic heterocycles. The van der Waals surface area contributed by atoms with E-state index in [1.165, 1.54) is 0 Å². The molecule has 1 saturated heterocycles. The van der Waals surface area contributed by atoms with Gasteiger partial charge in [0.05, 0.1) is 6.10 Å². The zero-order valence-corrected chi connectivity index (χ0v) is 16.1. The number of alkyl halides is 1. The van der Waals surface area contributed by atoms with Crippen LogP contribution in [0.1, 0.15) is 51.7 Å². The first kappa shape index (κ1) is 19.5. The summed E-state index contributed by atoms with van der Waals surface area (Å²) in [5, 5.41) is 12.7. The number of rotatable bonds is 3. The smallest absolute Gasteiger partial charge is 0.410 e. The average molecular weight is 374 g/mol. The number of benzene rings is 1. The van der Waals surface area contributed by atoms with Crippen molar-refractivity contribution in [3.05, 3.63) is 42.2 Å². The fourth-order valence-electron chi connectivity index (χ4n) is 3.60.